The monoisotopic (exact) mass is 310 g/mol. The standard InChI is InChI=1S/C18H19FN4/c1-14(16-7-9-17(19)10-8-16)21-22-18-20-11-12-23(18)13-15-5-3-2-4-6-15/h2-10H,11-13H2,1H3,(H,20,22). The fourth-order valence-corrected chi connectivity index (χ4v) is 2.44. The molecule has 0 saturated carbocycles. The molecule has 1 heterocycles. The highest BCUT2D eigenvalue weighted by Gasteiger charge is 2.16. The first-order valence-electron chi connectivity index (χ1n) is 7.62. The van der Waals surface area contributed by atoms with Crippen molar-refractivity contribution in [3.8, 4) is 0 Å². The van der Waals surface area contributed by atoms with Crippen LogP contribution in [0.4, 0.5) is 4.39 Å². The Morgan fingerprint density at radius 3 is 2.65 bits per heavy atom. The number of nitrogens with one attached hydrogen (secondary N) is 1. The van der Waals surface area contributed by atoms with Crippen molar-refractivity contribution in [2.45, 2.75) is 13.5 Å². The molecule has 5 heteroatoms. The van der Waals surface area contributed by atoms with Gasteiger partial charge >= 0.3 is 0 Å². The van der Waals surface area contributed by atoms with Gasteiger partial charge in [-0.15, -0.1) is 0 Å². The van der Waals surface area contributed by atoms with E-state index in [-0.39, 0.29) is 5.82 Å². The molecule has 118 valence electrons. The van der Waals surface area contributed by atoms with Crippen molar-refractivity contribution in [3.05, 3.63) is 71.5 Å². The molecule has 0 bridgehead atoms. The van der Waals surface area contributed by atoms with Crippen LogP contribution in [0.5, 0.6) is 0 Å². The molecule has 0 saturated heterocycles. The molecule has 0 atom stereocenters. The van der Waals surface area contributed by atoms with Gasteiger partial charge in [0.2, 0.25) is 5.96 Å². The number of hydrazone groups is 1. The largest absolute Gasteiger partial charge is 0.335 e. The van der Waals surface area contributed by atoms with Gasteiger partial charge in [0.05, 0.1) is 12.3 Å². The van der Waals surface area contributed by atoms with E-state index < -0.39 is 0 Å². The zero-order chi connectivity index (χ0) is 16.1. The van der Waals surface area contributed by atoms with Gasteiger partial charge in [-0.1, -0.05) is 42.5 Å². The Morgan fingerprint density at radius 1 is 1.17 bits per heavy atom. The van der Waals surface area contributed by atoms with E-state index in [1.54, 1.807) is 12.1 Å². The van der Waals surface area contributed by atoms with Crippen molar-refractivity contribution in [2.75, 3.05) is 13.1 Å². The molecule has 0 aliphatic carbocycles. The maximum Gasteiger partial charge on any atom is 0.215 e. The van der Waals surface area contributed by atoms with Gasteiger partial charge in [-0.2, -0.15) is 5.10 Å². The first-order valence-corrected chi connectivity index (χ1v) is 7.62. The number of guanidine groups is 1. The van der Waals surface area contributed by atoms with Crippen LogP contribution in [0.3, 0.4) is 0 Å². The lowest BCUT2D eigenvalue weighted by Crippen LogP contribution is -2.35. The second kappa shape index (κ2) is 7.05. The van der Waals surface area contributed by atoms with Crippen molar-refractivity contribution in [2.24, 2.45) is 10.1 Å². The van der Waals surface area contributed by atoms with Crippen LogP contribution in [0.1, 0.15) is 18.1 Å². The van der Waals surface area contributed by atoms with Gasteiger partial charge in [-0.3, -0.25) is 0 Å². The first kappa shape index (κ1) is 15.2. The Bertz CT molecular complexity index is 708. The average Bonchev–Trinajstić information content (AvgIpc) is 3.01. The third-order valence-electron chi connectivity index (χ3n) is 3.73. The minimum absolute atomic E-state index is 0.247. The van der Waals surface area contributed by atoms with Crippen LogP contribution in [-0.2, 0) is 6.54 Å². The molecule has 1 aliphatic heterocycles. The number of hydrogen-bond acceptors (Lipinski definition) is 4. The molecule has 4 nitrogen and oxygen atoms in total. The lowest BCUT2D eigenvalue weighted by Gasteiger charge is -2.19. The van der Waals surface area contributed by atoms with Gasteiger partial charge in [0.25, 0.3) is 0 Å². The van der Waals surface area contributed by atoms with Crippen LogP contribution < -0.4 is 5.43 Å². The van der Waals surface area contributed by atoms with Gasteiger partial charge in [-0.25, -0.2) is 14.8 Å². The van der Waals surface area contributed by atoms with Crippen molar-refractivity contribution in [3.63, 3.8) is 0 Å². The van der Waals surface area contributed by atoms with E-state index >= 15 is 0 Å². The number of benzene rings is 2. The fraction of sp³-hybridized carbons (Fsp3) is 0.222. The number of hydrogen-bond donors (Lipinski definition) is 1. The summed E-state index contributed by atoms with van der Waals surface area (Å²) >= 11 is 0. The van der Waals surface area contributed by atoms with Crippen molar-refractivity contribution in [1.82, 2.24) is 10.3 Å². The van der Waals surface area contributed by atoms with E-state index in [1.165, 1.54) is 17.7 Å². The van der Waals surface area contributed by atoms with Crippen molar-refractivity contribution < 1.29 is 4.39 Å². The molecule has 0 radical (unpaired) electrons. The van der Waals surface area contributed by atoms with Gasteiger partial charge in [-0.05, 0) is 30.2 Å². The Kier molecular flexibility index (Phi) is 4.66. The zero-order valence-corrected chi connectivity index (χ0v) is 13.0. The summed E-state index contributed by atoms with van der Waals surface area (Å²) in [6.45, 7) is 4.33. The summed E-state index contributed by atoms with van der Waals surface area (Å²) in [4.78, 5) is 6.62. The number of nitrogens with zero attached hydrogens (tertiary/aromatic N) is 3. The summed E-state index contributed by atoms with van der Waals surface area (Å²) < 4.78 is 13.0. The first-order chi connectivity index (χ1) is 11.2. The highest BCUT2D eigenvalue weighted by Crippen LogP contribution is 2.09. The van der Waals surface area contributed by atoms with Crippen molar-refractivity contribution >= 4 is 11.7 Å². The van der Waals surface area contributed by atoms with Crippen LogP contribution in [0.2, 0.25) is 0 Å². The molecule has 0 spiro atoms. The Morgan fingerprint density at radius 2 is 1.91 bits per heavy atom. The summed E-state index contributed by atoms with van der Waals surface area (Å²) in [6, 6.07) is 16.6. The number of halogens is 1. The maximum absolute atomic E-state index is 13.0. The van der Waals surface area contributed by atoms with Crippen LogP contribution in [-0.4, -0.2) is 29.7 Å². The molecule has 2 aromatic rings. The quantitative estimate of drug-likeness (QED) is 0.696. The SMILES string of the molecule is CC(=NNC1=NCCN1Cc1ccccc1)c1ccc(F)cc1. The van der Waals surface area contributed by atoms with E-state index in [1.807, 2.05) is 25.1 Å². The average molecular weight is 310 g/mol. The molecule has 1 N–H and O–H groups in total. The Balaban J connectivity index is 1.64. The summed E-state index contributed by atoms with van der Waals surface area (Å²) in [6.07, 6.45) is 0. The maximum atomic E-state index is 13.0. The highest BCUT2D eigenvalue weighted by atomic mass is 19.1. The lowest BCUT2D eigenvalue weighted by atomic mass is 10.1. The van der Waals surface area contributed by atoms with E-state index in [9.17, 15) is 4.39 Å². The molecular formula is C18H19FN4. The van der Waals surface area contributed by atoms with Crippen molar-refractivity contribution in [1.29, 1.82) is 0 Å². The Labute approximate surface area is 135 Å². The third kappa shape index (κ3) is 3.94. The second-order valence-electron chi connectivity index (χ2n) is 5.43. The topological polar surface area (TPSA) is 40.0 Å². The van der Waals surface area contributed by atoms with Crippen LogP contribution in [0.15, 0.2) is 64.7 Å². The molecule has 1 aliphatic rings. The van der Waals surface area contributed by atoms with Crippen LogP contribution in [0, 0.1) is 5.82 Å². The smallest absolute Gasteiger partial charge is 0.215 e. The molecule has 0 unspecified atom stereocenters. The lowest BCUT2D eigenvalue weighted by molar-refractivity contribution is 0.438. The van der Waals surface area contributed by atoms with Gasteiger partial charge < -0.3 is 4.90 Å². The Hall–Kier alpha value is -2.69. The van der Waals surface area contributed by atoms with E-state index in [0.717, 1.165) is 36.9 Å². The van der Waals surface area contributed by atoms with E-state index in [4.69, 9.17) is 0 Å². The molecule has 0 amide bonds. The normalized spacial score (nSPS) is 14.8. The minimum atomic E-state index is -0.247. The molecule has 0 aromatic heterocycles. The summed E-state index contributed by atoms with van der Waals surface area (Å²) in [7, 11) is 0. The van der Waals surface area contributed by atoms with Crippen LogP contribution >= 0.6 is 0 Å². The van der Waals surface area contributed by atoms with E-state index in [0.29, 0.717) is 0 Å². The second-order valence-corrected chi connectivity index (χ2v) is 5.43. The molecule has 2 aromatic carbocycles. The predicted octanol–water partition coefficient (Wildman–Crippen LogP) is 3.01. The summed E-state index contributed by atoms with van der Waals surface area (Å²) in [5.41, 5.74) is 5.95. The predicted molar refractivity (Wildman–Crippen MR) is 90.9 cm³/mol. The van der Waals surface area contributed by atoms with Crippen LogP contribution in [0.25, 0.3) is 0 Å². The van der Waals surface area contributed by atoms with Gasteiger partial charge in [0.1, 0.15) is 5.82 Å². The summed E-state index contributed by atoms with van der Waals surface area (Å²) in [5.74, 6) is 0.527. The highest BCUT2D eigenvalue weighted by molar-refractivity contribution is 5.99. The molecule has 0 fully saturated rings. The minimum Gasteiger partial charge on any atom is -0.335 e. The zero-order valence-electron chi connectivity index (χ0n) is 13.0. The number of aliphatic imine (C=N–C) groups is 1. The third-order valence-corrected chi connectivity index (χ3v) is 3.73. The fourth-order valence-electron chi connectivity index (χ4n) is 2.44. The molecule has 3 rings (SSSR count). The molecule has 23 heavy (non-hydrogen) atoms. The molecular weight excluding hydrogens is 291 g/mol. The summed E-state index contributed by atoms with van der Waals surface area (Å²) in [5, 5.41) is 4.37. The van der Waals surface area contributed by atoms with Gasteiger partial charge in [0, 0.05) is 13.1 Å². The number of rotatable bonds is 4. The van der Waals surface area contributed by atoms with E-state index in [2.05, 4.69) is 32.6 Å². The van der Waals surface area contributed by atoms with Gasteiger partial charge in [0.15, 0.2) is 0 Å².